The normalized spacial score (nSPS) is 20.6. The van der Waals surface area contributed by atoms with Gasteiger partial charge in [-0.25, -0.2) is 17.2 Å². The second kappa shape index (κ2) is 5.83. The van der Waals surface area contributed by atoms with E-state index in [1.54, 1.807) is 0 Å². The third-order valence-electron chi connectivity index (χ3n) is 2.94. The minimum atomic E-state index is -3.86. The molecular formula is C12H12F2N2O3S. The van der Waals surface area contributed by atoms with E-state index in [9.17, 15) is 17.2 Å². The molecule has 1 heterocycles. The van der Waals surface area contributed by atoms with Crippen LogP contribution in [0.2, 0.25) is 0 Å². The topological polar surface area (TPSA) is 70.4 Å². The van der Waals surface area contributed by atoms with Crippen molar-refractivity contribution in [3.63, 3.8) is 0 Å². The summed E-state index contributed by atoms with van der Waals surface area (Å²) in [6.07, 6.45) is 0. The highest BCUT2D eigenvalue weighted by atomic mass is 32.2. The zero-order valence-electron chi connectivity index (χ0n) is 10.4. The van der Waals surface area contributed by atoms with Gasteiger partial charge in [-0.05, 0) is 6.07 Å². The summed E-state index contributed by atoms with van der Waals surface area (Å²) in [4.78, 5) is 0. The van der Waals surface area contributed by atoms with E-state index in [1.807, 2.05) is 6.07 Å². The van der Waals surface area contributed by atoms with Gasteiger partial charge in [0.2, 0.25) is 10.0 Å². The lowest BCUT2D eigenvalue weighted by atomic mass is 10.2. The Kier molecular flexibility index (Phi) is 4.32. The van der Waals surface area contributed by atoms with E-state index in [1.165, 1.54) is 0 Å². The number of rotatable bonds is 3. The Morgan fingerprint density at radius 3 is 2.85 bits per heavy atom. The van der Waals surface area contributed by atoms with E-state index < -0.39 is 33.5 Å². The standard InChI is InChI=1S/C12H12F2N2O3S/c13-10-2-1-9(12(14)5-10)8-20(17,18)16-3-4-19-7-11(16)6-15/h1-2,5,11H,3-4,7-8H2. The number of hydrogen-bond acceptors (Lipinski definition) is 4. The summed E-state index contributed by atoms with van der Waals surface area (Å²) in [5.41, 5.74) is -0.130. The third kappa shape index (κ3) is 3.12. The summed E-state index contributed by atoms with van der Waals surface area (Å²) in [6.45, 7) is 0.217. The predicted molar refractivity (Wildman–Crippen MR) is 65.9 cm³/mol. The lowest BCUT2D eigenvalue weighted by Crippen LogP contribution is -2.48. The molecule has 0 spiro atoms. The van der Waals surface area contributed by atoms with Gasteiger partial charge in [0.25, 0.3) is 0 Å². The van der Waals surface area contributed by atoms with E-state index in [-0.39, 0.29) is 25.3 Å². The summed E-state index contributed by atoms with van der Waals surface area (Å²) in [7, 11) is -3.86. The largest absolute Gasteiger partial charge is 0.377 e. The molecule has 20 heavy (non-hydrogen) atoms. The fourth-order valence-electron chi connectivity index (χ4n) is 1.94. The highest BCUT2D eigenvalue weighted by molar-refractivity contribution is 7.88. The van der Waals surface area contributed by atoms with Crippen molar-refractivity contribution >= 4 is 10.0 Å². The van der Waals surface area contributed by atoms with Gasteiger partial charge in [-0.15, -0.1) is 0 Å². The minimum Gasteiger partial charge on any atom is -0.377 e. The van der Waals surface area contributed by atoms with Gasteiger partial charge in [-0.2, -0.15) is 9.57 Å². The van der Waals surface area contributed by atoms with Crippen LogP contribution in [0.1, 0.15) is 5.56 Å². The SMILES string of the molecule is N#CC1COCCN1S(=O)(=O)Cc1ccc(F)cc1F. The van der Waals surface area contributed by atoms with Crippen molar-refractivity contribution < 1.29 is 21.9 Å². The monoisotopic (exact) mass is 302 g/mol. The minimum absolute atomic E-state index is 0.0123. The Bertz CT molecular complexity index is 643. The van der Waals surface area contributed by atoms with Crippen molar-refractivity contribution in [2.75, 3.05) is 19.8 Å². The van der Waals surface area contributed by atoms with Crippen LogP contribution in [0, 0.1) is 23.0 Å². The molecular weight excluding hydrogens is 290 g/mol. The maximum Gasteiger partial charge on any atom is 0.219 e. The van der Waals surface area contributed by atoms with Gasteiger partial charge in [-0.3, -0.25) is 0 Å². The lowest BCUT2D eigenvalue weighted by Gasteiger charge is -2.30. The second-order valence-electron chi connectivity index (χ2n) is 4.32. The van der Waals surface area contributed by atoms with Gasteiger partial charge in [0.05, 0.1) is 25.0 Å². The van der Waals surface area contributed by atoms with Crippen LogP contribution in [0.5, 0.6) is 0 Å². The Balaban J connectivity index is 2.24. The van der Waals surface area contributed by atoms with Gasteiger partial charge in [0.15, 0.2) is 0 Å². The Labute approximate surface area is 115 Å². The molecule has 0 radical (unpaired) electrons. The van der Waals surface area contributed by atoms with Crippen LogP contribution in [0.15, 0.2) is 18.2 Å². The number of benzene rings is 1. The summed E-state index contributed by atoms with van der Waals surface area (Å²) in [5, 5.41) is 8.92. The number of sulfonamides is 1. The Morgan fingerprint density at radius 2 is 2.20 bits per heavy atom. The third-order valence-corrected chi connectivity index (χ3v) is 4.77. The first-order valence-corrected chi connectivity index (χ1v) is 7.46. The van der Waals surface area contributed by atoms with E-state index in [0.717, 1.165) is 16.4 Å². The number of hydrogen-bond donors (Lipinski definition) is 0. The number of morpholine rings is 1. The molecule has 1 saturated heterocycles. The molecule has 108 valence electrons. The smallest absolute Gasteiger partial charge is 0.219 e. The molecule has 1 fully saturated rings. The summed E-state index contributed by atoms with van der Waals surface area (Å²) in [6, 6.07) is 3.63. The Morgan fingerprint density at radius 1 is 1.45 bits per heavy atom. The number of nitrogens with zero attached hydrogens (tertiary/aromatic N) is 2. The highest BCUT2D eigenvalue weighted by Crippen LogP contribution is 2.19. The van der Waals surface area contributed by atoms with Crippen LogP contribution in [-0.4, -0.2) is 38.5 Å². The van der Waals surface area contributed by atoms with E-state index >= 15 is 0 Å². The molecule has 0 amide bonds. The number of ether oxygens (including phenoxy) is 1. The van der Waals surface area contributed by atoms with Crippen LogP contribution in [0.3, 0.4) is 0 Å². The van der Waals surface area contributed by atoms with Crippen LogP contribution < -0.4 is 0 Å². The number of halogens is 2. The van der Waals surface area contributed by atoms with Crippen molar-refractivity contribution in [3.05, 3.63) is 35.4 Å². The van der Waals surface area contributed by atoms with Gasteiger partial charge < -0.3 is 4.74 Å². The average Bonchev–Trinajstić information content (AvgIpc) is 2.42. The molecule has 5 nitrogen and oxygen atoms in total. The molecule has 1 aromatic rings. The maximum atomic E-state index is 13.5. The molecule has 1 aliphatic heterocycles. The van der Waals surface area contributed by atoms with Crippen LogP contribution in [0.4, 0.5) is 8.78 Å². The Hall–Kier alpha value is -1.56. The van der Waals surface area contributed by atoms with Crippen molar-refractivity contribution in [1.82, 2.24) is 4.31 Å². The first-order chi connectivity index (χ1) is 9.44. The zero-order valence-corrected chi connectivity index (χ0v) is 11.2. The number of nitriles is 1. The summed E-state index contributed by atoms with van der Waals surface area (Å²) >= 11 is 0. The summed E-state index contributed by atoms with van der Waals surface area (Å²) in [5.74, 6) is -2.31. The molecule has 0 saturated carbocycles. The van der Waals surface area contributed by atoms with Crippen LogP contribution in [-0.2, 0) is 20.5 Å². The molecule has 1 unspecified atom stereocenters. The molecule has 1 aliphatic rings. The first-order valence-electron chi connectivity index (χ1n) is 5.85. The van der Waals surface area contributed by atoms with E-state index in [4.69, 9.17) is 10.00 Å². The van der Waals surface area contributed by atoms with Gasteiger partial charge in [-0.1, -0.05) is 6.07 Å². The van der Waals surface area contributed by atoms with Gasteiger partial charge >= 0.3 is 0 Å². The van der Waals surface area contributed by atoms with Crippen molar-refractivity contribution in [2.24, 2.45) is 0 Å². The molecule has 0 N–H and O–H groups in total. The highest BCUT2D eigenvalue weighted by Gasteiger charge is 2.33. The van der Waals surface area contributed by atoms with E-state index in [0.29, 0.717) is 6.07 Å². The maximum absolute atomic E-state index is 13.5. The van der Waals surface area contributed by atoms with Crippen LogP contribution in [0.25, 0.3) is 0 Å². The second-order valence-corrected chi connectivity index (χ2v) is 6.24. The predicted octanol–water partition coefficient (Wildman–Crippen LogP) is 1.02. The van der Waals surface area contributed by atoms with Gasteiger partial charge in [0.1, 0.15) is 17.7 Å². The lowest BCUT2D eigenvalue weighted by molar-refractivity contribution is 0.0511. The zero-order chi connectivity index (χ0) is 14.8. The molecule has 0 bridgehead atoms. The van der Waals surface area contributed by atoms with Crippen molar-refractivity contribution in [1.29, 1.82) is 5.26 Å². The first kappa shape index (κ1) is 14.8. The van der Waals surface area contributed by atoms with Crippen molar-refractivity contribution in [2.45, 2.75) is 11.8 Å². The molecule has 1 aromatic carbocycles. The molecule has 0 aromatic heterocycles. The fraction of sp³-hybridized carbons (Fsp3) is 0.417. The fourth-order valence-corrected chi connectivity index (χ4v) is 3.58. The average molecular weight is 302 g/mol. The van der Waals surface area contributed by atoms with E-state index in [2.05, 4.69) is 0 Å². The van der Waals surface area contributed by atoms with Gasteiger partial charge in [0, 0.05) is 18.2 Å². The van der Waals surface area contributed by atoms with Crippen LogP contribution >= 0.6 is 0 Å². The summed E-state index contributed by atoms with van der Waals surface area (Å²) < 4.78 is 56.8. The molecule has 0 aliphatic carbocycles. The quantitative estimate of drug-likeness (QED) is 0.836. The molecule has 1 atom stereocenters. The molecule has 2 rings (SSSR count). The van der Waals surface area contributed by atoms with Crippen molar-refractivity contribution in [3.8, 4) is 6.07 Å². The molecule has 8 heteroatoms.